The maximum atomic E-state index is 13.7. The van der Waals surface area contributed by atoms with Crippen LogP contribution >= 0.6 is 0 Å². The van der Waals surface area contributed by atoms with Crippen molar-refractivity contribution in [2.75, 3.05) is 0 Å². The van der Waals surface area contributed by atoms with Crippen LogP contribution in [0.25, 0.3) is 21.9 Å². The van der Waals surface area contributed by atoms with Crippen LogP contribution in [0.15, 0.2) is 33.5 Å². The lowest BCUT2D eigenvalue weighted by molar-refractivity contribution is 0.423. The highest BCUT2D eigenvalue weighted by molar-refractivity contribution is 5.91. The summed E-state index contributed by atoms with van der Waals surface area (Å²) in [6, 6.07) is 4.39. The fraction of sp³-hybridized carbons (Fsp3) is 0. The monoisotopic (exact) mass is 264 g/mol. The predicted octanol–water partition coefficient (Wildman–Crippen LogP) is 2.64. The Morgan fingerprint density at radius 1 is 0.842 bits per heavy atom. The van der Waals surface area contributed by atoms with E-state index in [-0.39, 0.29) is 10.8 Å². The summed E-state index contributed by atoms with van der Waals surface area (Å²) in [6.07, 6.45) is 0. The van der Waals surface area contributed by atoms with Gasteiger partial charge in [-0.1, -0.05) is 0 Å². The van der Waals surface area contributed by atoms with E-state index in [0.717, 1.165) is 12.1 Å². The van der Waals surface area contributed by atoms with Crippen LogP contribution in [0.2, 0.25) is 0 Å². The van der Waals surface area contributed by atoms with Gasteiger partial charge in [-0.25, -0.2) is 0 Å². The minimum absolute atomic E-state index is 0.118. The standard InChI is InChI=1S/C13H6F2O4/c14-9-7(16)3-1-5-11(18)6-2-4-8(17)10(15)13(6)19-12(5)9/h1-4,16-17H. The molecule has 1 heterocycles. The van der Waals surface area contributed by atoms with E-state index in [2.05, 4.69) is 0 Å². The summed E-state index contributed by atoms with van der Waals surface area (Å²) in [5.41, 5.74) is -1.75. The summed E-state index contributed by atoms with van der Waals surface area (Å²) in [7, 11) is 0. The number of hydrogen-bond acceptors (Lipinski definition) is 4. The number of halogens is 2. The smallest absolute Gasteiger partial charge is 0.207 e. The lowest BCUT2D eigenvalue weighted by Gasteiger charge is -2.04. The third-order valence-electron chi connectivity index (χ3n) is 2.85. The summed E-state index contributed by atoms with van der Waals surface area (Å²) < 4.78 is 32.3. The second-order valence-electron chi connectivity index (χ2n) is 3.98. The van der Waals surface area contributed by atoms with Crippen LogP contribution in [0.4, 0.5) is 8.78 Å². The van der Waals surface area contributed by atoms with Crippen LogP contribution in [-0.4, -0.2) is 10.2 Å². The van der Waals surface area contributed by atoms with Crippen molar-refractivity contribution < 1.29 is 23.4 Å². The van der Waals surface area contributed by atoms with Gasteiger partial charge < -0.3 is 14.6 Å². The van der Waals surface area contributed by atoms with Crippen LogP contribution in [-0.2, 0) is 0 Å². The molecule has 0 atom stereocenters. The van der Waals surface area contributed by atoms with Gasteiger partial charge in [-0.05, 0) is 24.3 Å². The maximum absolute atomic E-state index is 13.7. The fourth-order valence-electron chi connectivity index (χ4n) is 1.90. The third kappa shape index (κ3) is 1.46. The number of benzene rings is 2. The zero-order chi connectivity index (χ0) is 13.7. The van der Waals surface area contributed by atoms with Gasteiger partial charge in [-0.2, -0.15) is 8.78 Å². The zero-order valence-electron chi connectivity index (χ0n) is 9.28. The average molecular weight is 264 g/mol. The Morgan fingerprint density at radius 3 is 1.68 bits per heavy atom. The highest BCUT2D eigenvalue weighted by Crippen LogP contribution is 2.30. The van der Waals surface area contributed by atoms with Crippen molar-refractivity contribution in [3.8, 4) is 11.5 Å². The molecule has 2 N–H and O–H groups in total. The normalized spacial score (nSPS) is 11.3. The van der Waals surface area contributed by atoms with Crippen LogP contribution < -0.4 is 5.43 Å². The van der Waals surface area contributed by atoms with E-state index in [1.54, 1.807) is 0 Å². The van der Waals surface area contributed by atoms with Crippen molar-refractivity contribution in [1.82, 2.24) is 0 Å². The molecule has 0 amide bonds. The molecule has 0 unspecified atom stereocenters. The number of rotatable bonds is 0. The SMILES string of the molecule is O=c1c2ccc(O)c(F)c2oc2c(F)c(O)ccc12. The van der Waals surface area contributed by atoms with Crippen molar-refractivity contribution in [3.63, 3.8) is 0 Å². The third-order valence-corrected chi connectivity index (χ3v) is 2.85. The van der Waals surface area contributed by atoms with E-state index < -0.39 is 39.7 Å². The van der Waals surface area contributed by atoms with Crippen LogP contribution in [0.1, 0.15) is 0 Å². The Labute approximate surface area is 104 Å². The molecule has 0 saturated heterocycles. The van der Waals surface area contributed by atoms with Gasteiger partial charge in [-0.15, -0.1) is 0 Å². The van der Waals surface area contributed by atoms with Gasteiger partial charge in [0.2, 0.25) is 17.1 Å². The van der Waals surface area contributed by atoms with Gasteiger partial charge in [0.1, 0.15) is 0 Å². The van der Waals surface area contributed by atoms with Crippen LogP contribution in [0.5, 0.6) is 11.5 Å². The summed E-state index contributed by atoms with van der Waals surface area (Å²) >= 11 is 0. The van der Waals surface area contributed by atoms with E-state index in [4.69, 9.17) is 4.42 Å². The van der Waals surface area contributed by atoms with Crippen molar-refractivity contribution in [1.29, 1.82) is 0 Å². The minimum atomic E-state index is -1.15. The number of phenols is 2. The highest BCUT2D eigenvalue weighted by atomic mass is 19.1. The molecule has 0 aliphatic heterocycles. The molecule has 0 bridgehead atoms. The molecule has 4 nitrogen and oxygen atoms in total. The highest BCUT2D eigenvalue weighted by Gasteiger charge is 2.17. The van der Waals surface area contributed by atoms with Gasteiger partial charge in [0.05, 0.1) is 10.8 Å². The predicted molar refractivity (Wildman–Crippen MR) is 63.2 cm³/mol. The zero-order valence-corrected chi connectivity index (χ0v) is 9.28. The Morgan fingerprint density at radius 2 is 1.26 bits per heavy atom. The van der Waals surface area contributed by atoms with Crippen molar-refractivity contribution >= 4 is 21.9 Å². The van der Waals surface area contributed by atoms with E-state index in [0.29, 0.717) is 0 Å². The molecule has 0 saturated carbocycles. The summed E-state index contributed by atoms with van der Waals surface area (Å²) in [5.74, 6) is -3.73. The van der Waals surface area contributed by atoms with E-state index in [1.165, 1.54) is 12.1 Å². The Balaban J connectivity index is 2.65. The Bertz CT molecular complexity index is 814. The first-order chi connectivity index (χ1) is 9.00. The van der Waals surface area contributed by atoms with Crippen molar-refractivity contribution in [2.24, 2.45) is 0 Å². The molecule has 6 heteroatoms. The number of fused-ring (bicyclic) bond motifs is 2. The fourth-order valence-corrected chi connectivity index (χ4v) is 1.90. The van der Waals surface area contributed by atoms with Gasteiger partial charge >= 0.3 is 0 Å². The van der Waals surface area contributed by atoms with Gasteiger partial charge in [0, 0.05) is 0 Å². The molecule has 3 rings (SSSR count). The van der Waals surface area contributed by atoms with Crippen molar-refractivity contribution in [3.05, 3.63) is 46.1 Å². The summed E-state index contributed by atoms with van der Waals surface area (Å²) in [4.78, 5) is 12.1. The first-order valence-electron chi connectivity index (χ1n) is 5.26. The molecule has 2 aromatic carbocycles. The number of aromatic hydroxyl groups is 2. The first-order valence-corrected chi connectivity index (χ1v) is 5.26. The van der Waals surface area contributed by atoms with Crippen LogP contribution in [0.3, 0.4) is 0 Å². The van der Waals surface area contributed by atoms with E-state index in [9.17, 15) is 23.8 Å². The molecule has 96 valence electrons. The van der Waals surface area contributed by atoms with E-state index >= 15 is 0 Å². The first kappa shape index (κ1) is 11.5. The second kappa shape index (κ2) is 3.68. The molecular formula is C13H6F2O4. The van der Waals surface area contributed by atoms with Gasteiger partial charge in [0.25, 0.3) is 0 Å². The van der Waals surface area contributed by atoms with E-state index in [1.807, 2.05) is 0 Å². The molecule has 1 aromatic heterocycles. The molecule has 0 aliphatic carbocycles. The maximum Gasteiger partial charge on any atom is 0.207 e. The Kier molecular flexibility index (Phi) is 2.22. The largest absolute Gasteiger partial charge is 0.505 e. The Hall–Kier alpha value is -2.63. The van der Waals surface area contributed by atoms with Crippen LogP contribution in [0, 0.1) is 11.6 Å². The number of phenolic OH excluding ortho intramolecular Hbond substituents is 2. The van der Waals surface area contributed by atoms with Gasteiger partial charge in [-0.3, -0.25) is 4.79 Å². The average Bonchev–Trinajstić information content (AvgIpc) is 2.39. The molecule has 19 heavy (non-hydrogen) atoms. The quantitative estimate of drug-likeness (QED) is 0.612. The molecule has 3 aromatic rings. The second-order valence-corrected chi connectivity index (χ2v) is 3.98. The molecule has 0 aliphatic rings. The summed E-state index contributed by atoms with van der Waals surface area (Å²) in [6.45, 7) is 0. The van der Waals surface area contributed by atoms with Crippen molar-refractivity contribution in [2.45, 2.75) is 0 Å². The molecule has 0 radical (unpaired) electrons. The van der Waals surface area contributed by atoms with Gasteiger partial charge in [0.15, 0.2) is 22.7 Å². The molecule has 0 fully saturated rings. The molecular weight excluding hydrogens is 258 g/mol. The lowest BCUT2D eigenvalue weighted by atomic mass is 10.1. The number of hydrogen-bond donors (Lipinski definition) is 2. The lowest BCUT2D eigenvalue weighted by Crippen LogP contribution is -2.04. The topological polar surface area (TPSA) is 70.7 Å². The minimum Gasteiger partial charge on any atom is -0.505 e. The molecule has 0 spiro atoms. The summed E-state index contributed by atoms with van der Waals surface area (Å²) in [5, 5.41) is 18.2.